The Bertz CT molecular complexity index is 1750. The van der Waals surface area contributed by atoms with Crippen molar-refractivity contribution >= 4 is 65.5 Å². The van der Waals surface area contributed by atoms with E-state index >= 15 is 0 Å². The number of rotatable bonds is 8. The van der Waals surface area contributed by atoms with Crippen LogP contribution in [0.3, 0.4) is 0 Å². The minimum Gasteiger partial charge on any atom is -0.493 e. The second-order valence-corrected chi connectivity index (χ2v) is 12.4. The molecule has 0 saturated heterocycles. The predicted molar refractivity (Wildman–Crippen MR) is 140 cm³/mol. The molecule has 0 saturated carbocycles. The standard InChI is InChI=1S/C22H20ClN3O7S3/c1-26-19-8-5-14(11-16(19)22(27)34-26)35(28,29)25-18-10-13(23)4-7-17(18)24-36(30,31)15-6-9-20(32-2)21(12-15)33-3/h4-12,24-25H,1-3H3. The number of sulfonamides is 2. The molecule has 1 aromatic heterocycles. The molecule has 14 heteroatoms. The molecule has 2 N–H and O–H groups in total. The van der Waals surface area contributed by atoms with Crippen LogP contribution in [0.5, 0.6) is 11.5 Å². The smallest absolute Gasteiger partial charge is 0.262 e. The van der Waals surface area contributed by atoms with Crippen LogP contribution in [-0.4, -0.2) is 35.0 Å². The summed E-state index contributed by atoms with van der Waals surface area (Å²) >= 11 is 7.02. The maximum atomic E-state index is 13.1. The number of nitrogens with zero attached hydrogens (tertiary/aromatic N) is 1. The van der Waals surface area contributed by atoms with Gasteiger partial charge in [-0.15, -0.1) is 0 Å². The zero-order valence-corrected chi connectivity index (χ0v) is 22.3. The lowest BCUT2D eigenvalue weighted by Gasteiger charge is -2.16. The molecule has 1 heterocycles. The lowest BCUT2D eigenvalue weighted by atomic mass is 10.2. The molecule has 3 aromatic carbocycles. The van der Waals surface area contributed by atoms with Crippen LogP contribution in [0.1, 0.15) is 0 Å². The van der Waals surface area contributed by atoms with Crippen LogP contribution in [0.25, 0.3) is 10.9 Å². The first-order valence-electron chi connectivity index (χ1n) is 10.1. The fourth-order valence-electron chi connectivity index (χ4n) is 3.42. The van der Waals surface area contributed by atoms with E-state index in [1.807, 2.05) is 0 Å². The van der Waals surface area contributed by atoms with Crippen LogP contribution < -0.4 is 23.7 Å². The number of aryl methyl sites for hydroxylation is 1. The van der Waals surface area contributed by atoms with Gasteiger partial charge in [-0.3, -0.25) is 18.2 Å². The van der Waals surface area contributed by atoms with Gasteiger partial charge in [-0.05, 0) is 60.1 Å². The second kappa shape index (κ2) is 9.65. The molecule has 0 spiro atoms. The Labute approximate surface area is 216 Å². The number of halogens is 1. The van der Waals surface area contributed by atoms with Gasteiger partial charge in [0.15, 0.2) is 11.5 Å². The van der Waals surface area contributed by atoms with Crippen molar-refractivity contribution in [2.75, 3.05) is 23.7 Å². The van der Waals surface area contributed by atoms with E-state index in [2.05, 4.69) is 9.44 Å². The van der Waals surface area contributed by atoms with Crippen LogP contribution in [0.2, 0.25) is 5.02 Å². The van der Waals surface area contributed by atoms with E-state index in [1.54, 1.807) is 11.0 Å². The van der Waals surface area contributed by atoms with Crippen molar-refractivity contribution in [1.82, 2.24) is 3.96 Å². The number of aromatic nitrogens is 1. The molecular formula is C22H20ClN3O7S3. The van der Waals surface area contributed by atoms with E-state index < -0.39 is 20.0 Å². The summed E-state index contributed by atoms with van der Waals surface area (Å²) < 4.78 is 68.8. The lowest BCUT2D eigenvalue weighted by molar-refractivity contribution is 0.354. The largest absolute Gasteiger partial charge is 0.493 e. The monoisotopic (exact) mass is 569 g/mol. The first-order chi connectivity index (χ1) is 16.9. The van der Waals surface area contributed by atoms with E-state index in [0.717, 1.165) is 11.5 Å². The third kappa shape index (κ3) is 5.00. The first-order valence-corrected chi connectivity index (χ1v) is 14.2. The molecule has 0 amide bonds. The number of hydrogen-bond donors (Lipinski definition) is 2. The maximum absolute atomic E-state index is 13.1. The predicted octanol–water partition coefficient (Wildman–Crippen LogP) is 3.87. The number of hydrogen-bond acceptors (Lipinski definition) is 8. The number of fused-ring (bicyclic) bond motifs is 1. The van der Waals surface area contributed by atoms with Gasteiger partial charge in [-0.2, -0.15) is 0 Å². The van der Waals surface area contributed by atoms with Gasteiger partial charge in [0.25, 0.3) is 24.8 Å². The molecule has 10 nitrogen and oxygen atoms in total. The highest BCUT2D eigenvalue weighted by Crippen LogP contribution is 2.33. The zero-order valence-electron chi connectivity index (χ0n) is 19.1. The van der Waals surface area contributed by atoms with Crippen molar-refractivity contribution in [2.45, 2.75) is 9.79 Å². The topological polar surface area (TPSA) is 133 Å². The fraction of sp³-hybridized carbons (Fsp3) is 0.136. The third-order valence-electron chi connectivity index (χ3n) is 5.19. The number of benzene rings is 3. The van der Waals surface area contributed by atoms with E-state index in [-0.39, 0.29) is 42.1 Å². The molecule has 0 aliphatic heterocycles. The molecule has 0 bridgehead atoms. The average Bonchev–Trinajstić information content (AvgIpc) is 3.12. The summed E-state index contributed by atoms with van der Waals surface area (Å²) in [5.74, 6) is 0.543. The van der Waals surface area contributed by atoms with Gasteiger partial charge in [0.1, 0.15) is 0 Å². The van der Waals surface area contributed by atoms with Gasteiger partial charge >= 0.3 is 0 Å². The molecule has 36 heavy (non-hydrogen) atoms. The minimum absolute atomic E-state index is 0.0646. The van der Waals surface area contributed by atoms with Crippen LogP contribution in [-0.2, 0) is 27.1 Å². The van der Waals surface area contributed by atoms with Gasteiger partial charge in [0.05, 0.1) is 46.3 Å². The normalized spacial score (nSPS) is 11.9. The summed E-state index contributed by atoms with van der Waals surface area (Å²) in [5.41, 5.74) is 0.422. The minimum atomic E-state index is -4.21. The zero-order chi connectivity index (χ0) is 26.3. The Kier molecular flexibility index (Phi) is 6.92. The Balaban J connectivity index is 1.70. The summed E-state index contributed by atoms with van der Waals surface area (Å²) in [5, 5.41) is 0.426. The van der Waals surface area contributed by atoms with E-state index in [4.69, 9.17) is 21.1 Å². The first kappa shape index (κ1) is 25.8. The van der Waals surface area contributed by atoms with E-state index in [0.29, 0.717) is 11.3 Å². The summed E-state index contributed by atoms with van der Waals surface area (Å²) in [6.07, 6.45) is 0. The highest BCUT2D eigenvalue weighted by atomic mass is 35.5. The highest BCUT2D eigenvalue weighted by Gasteiger charge is 2.22. The van der Waals surface area contributed by atoms with Crippen LogP contribution >= 0.6 is 23.1 Å². The summed E-state index contributed by atoms with van der Waals surface area (Å²) in [7, 11) is -3.89. The summed E-state index contributed by atoms with van der Waals surface area (Å²) in [4.78, 5) is 11.9. The Hall–Kier alpha value is -3.26. The molecule has 4 rings (SSSR count). The molecule has 0 atom stereocenters. The van der Waals surface area contributed by atoms with Gasteiger partial charge < -0.3 is 9.47 Å². The van der Waals surface area contributed by atoms with Crippen molar-refractivity contribution < 1.29 is 26.3 Å². The number of anilines is 2. The van der Waals surface area contributed by atoms with Crippen LogP contribution in [0.4, 0.5) is 11.4 Å². The molecule has 0 fully saturated rings. The number of nitrogens with one attached hydrogen (secondary N) is 2. The fourth-order valence-corrected chi connectivity index (χ4v) is 6.56. The van der Waals surface area contributed by atoms with Crippen molar-refractivity contribution in [3.8, 4) is 11.5 Å². The number of ether oxygens (including phenoxy) is 2. The molecule has 0 aliphatic rings. The molecule has 190 valence electrons. The van der Waals surface area contributed by atoms with Gasteiger partial charge in [0, 0.05) is 18.1 Å². The molecule has 0 unspecified atom stereocenters. The average molecular weight is 570 g/mol. The number of methoxy groups -OCH3 is 2. The molecule has 4 aromatic rings. The molecular weight excluding hydrogens is 550 g/mol. The highest BCUT2D eigenvalue weighted by molar-refractivity contribution is 7.93. The third-order valence-corrected chi connectivity index (χ3v) is 9.01. The van der Waals surface area contributed by atoms with Gasteiger partial charge in [-0.25, -0.2) is 16.8 Å². The van der Waals surface area contributed by atoms with Crippen molar-refractivity contribution in [3.05, 3.63) is 69.2 Å². The van der Waals surface area contributed by atoms with E-state index in [1.165, 1.54) is 68.8 Å². The Morgan fingerprint density at radius 1 is 0.806 bits per heavy atom. The van der Waals surface area contributed by atoms with Crippen LogP contribution in [0, 0.1) is 0 Å². The summed E-state index contributed by atoms with van der Waals surface area (Å²) in [6, 6.07) is 12.2. The van der Waals surface area contributed by atoms with Crippen molar-refractivity contribution in [2.24, 2.45) is 7.05 Å². The lowest BCUT2D eigenvalue weighted by Crippen LogP contribution is -2.18. The Morgan fingerprint density at radius 3 is 2.08 bits per heavy atom. The van der Waals surface area contributed by atoms with E-state index in [9.17, 15) is 21.6 Å². The molecule has 0 aliphatic carbocycles. The quantitative estimate of drug-likeness (QED) is 0.329. The van der Waals surface area contributed by atoms with Crippen molar-refractivity contribution in [1.29, 1.82) is 0 Å². The van der Waals surface area contributed by atoms with Crippen LogP contribution in [0.15, 0.2) is 69.2 Å². The second-order valence-electron chi connectivity index (χ2n) is 7.47. The maximum Gasteiger partial charge on any atom is 0.262 e. The SMILES string of the molecule is COc1ccc(S(=O)(=O)Nc2ccc(Cl)cc2NS(=O)(=O)c2ccc3c(c2)c(=O)sn3C)cc1OC. The van der Waals surface area contributed by atoms with Gasteiger partial charge in [0.2, 0.25) is 0 Å². The Morgan fingerprint density at radius 2 is 1.42 bits per heavy atom. The summed E-state index contributed by atoms with van der Waals surface area (Å²) in [6.45, 7) is 0. The molecule has 0 radical (unpaired) electrons. The van der Waals surface area contributed by atoms with Crippen molar-refractivity contribution in [3.63, 3.8) is 0 Å². The van der Waals surface area contributed by atoms with Gasteiger partial charge in [-0.1, -0.05) is 11.6 Å².